The maximum absolute atomic E-state index is 13.0. The summed E-state index contributed by atoms with van der Waals surface area (Å²) >= 11 is 0. The first-order valence-electron chi connectivity index (χ1n) is 10.3. The molecule has 1 unspecified atom stereocenters. The lowest BCUT2D eigenvalue weighted by atomic mass is 9.87. The Balaban J connectivity index is 1.35. The van der Waals surface area contributed by atoms with Gasteiger partial charge in [0, 0.05) is 39.4 Å². The summed E-state index contributed by atoms with van der Waals surface area (Å²) in [5.41, 5.74) is 3.28. The number of rotatable bonds is 4. The van der Waals surface area contributed by atoms with Gasteiger partial charge < -0.3 is 9.80 Å². The number of hydrogen-bond donors (Lipinski definition) is 0. The van der Waals surface area contributed by atoms with E-state index in [2.05, 4.69) is 45.1 Å². The molecule has 1 aliphatic carbocycles. The lowest BCUT2D eigenvalue weighted by Crippen LogP contribution is -2.50. The lowest BCUT2D eigenvalue weighted by molar-refractivity contribution is -0.133. The van der Waals surface area contributed by atoms with Crippen LogP contribution in [0.3, 0.4) is 0 Å². The minimum Gasteiger partial charge on any atom is -0.353 e. The molecule has 6 nitrogen and oxygen atoms in total. The van der Waals surface area contributed by atoms with Gasteiger partial charge in [-0.3, -0.25) is 9.69 Å². The molecule has 2 aliphatic rings. The molecule has 1 aromatic carbocycles. The smallest absolute Gasteiger partial charge is 0.237 e. The third-order valence-electron chi connectivity index (χ3n) is 6.14. The molecule has 150 valence electrons. The normalized spacial score (nSPS) is 19.3. The van der Waals surface area contributed by atoms with Crippen molar-refractivity contribution in [3.63, 3.8) is 0 Å². The SMILES string of the molecule is CN(C(=O)CN1CCN(c2ncccc2C#N)CC1)C1CCCc2ccccc21. The third kappa shape index (κ3) is 4.10. The van der Waals surface area contributed by atoms with E-state index in [1.807, 2.05) is 11.9 Å². The summed E-state index contributed by atoms with van der Waals surface area (Å²) < 4.78 is 0. The van der Waals surface area contributed by atoms with Gasteiger partial charge in [0.2, 0.25) is 5.91 Å². The van der Waals surface area contributed by atoms with Crippen LogP contribution < -0.4 is 4.90 Å². The Morgan fingerprint density at radius 1 is 1.21 bits per heavy atom. The quantitative estimate of drug-likeness (QED) is 0.804. The Bertz CT molecular complexity index is 913. The van der Waals surface area contributed by atoms with E-state index in [1.165, 1.54) is 11.1 Å². The zero-order valence-corrected chi connectivity index (χ0v) is 16.9. The number of hydrogen-bond acceptors (Lipinski definition) is 5. The molecule has 0 radical (unpaired) electrons. The number of carbonyl (C=O) groups excluding carboxylic acids is 1. The van der Waals surface area contributed by atoms with Gasteiger partial charge in [-0.2, -0.15) is 5.26 Å². The average Bonchev–Trinajstić information content (AvgIpc) is 2.78. The summed E-state index contributed by atoms with van der Waals surface area (Å²) in [6.07, 6.45) is 4.99. The van der Waals surface area contributed by atoms with Gasteiger partial charge in [0.05, 0.1) is 18.2 Å². The Morgan fingerprint density at radius 2 is 2.00 bits per heavy atom. The molecule has 1 fully saturated rings. The molecule has 0 spiro atoms. The number of carbonyl (C=O) groups is 1. The maximum Gasteiger partial charge on any atom is 0.237 e. The molecular formula is C23H27N5O. The molecular weight excluding hydrogens is 362 g/mol. The molecule has 0 N–H and O–H groups in total. The number of amides is 1. The van der Waals surface area contributed by atoms with Gasteiger partial charge in [0.1, 0.15) is 11.9 Å². The third-order valence-corrected chi connectivity index (χ3v) is 6.14. The van der Waals surface area contributed by atoms with Crippen LogP contribution in [0.25, 0.3) is 0 Å². The summed E-state index contributed by atoms with van der Waals surface area (Å²) in [7, 11) is 1.94. The summed E-state index contributed by atoms with van der Waals surface area (Å²) in [4.78, 5) is 23.7. The second kappa shape index (κ2) is 8.62. The Kier molecular flexibility index (Phi) is 5.77. The van der Waals surface area contributed by atoms with Crippen LogP contribution in [0.2, 0.25) is 0 Å². The van der Waals surface area contributed by atoms with Crippen molar-refractivity contribution in [3.8, 4) is 6.07 Å². The first kappa shape index (κ1) is 19.4. The number of aryl methyl sites for hydroxylation is 1. The molecule has 1 amide bonds. The fourth-order valence-electron chi connectivity index (χ4n) is 4.46. The van der Waals surface area contributed by atoms with Crippen LogP contribution in [0.5, 0.6) is 0 Å². The highest BCUT2D eigenvalue weighted by Gasteiger charge is 2.28. The lowest BCUT2D eigenvalue weighted by Gasteiger charge is -2.38. The number of likely N-dealkylation sites (N-methyl/N-ethyl adjacent to an activating group) is 1. The standard InChI is InChI=1S/C23H27N5O/c1-26(21-10-4-7-18-6-2-3-9-20(18)21)22(29)17-27-12-14-28(15-13-27)23-19(16-24)8-5-11-25-23/h2-3,5-6,8-9,11,21H,4,7,10,12-15,17H2,1H3. The van der Waals surface area contributed by atoms with E-state index < -0.39 is 0 Å². The van der Waals surface area contributed by atoms with Crippen LogP contribution in [0.15, 0.2) is 42.6 Å². The minimum absolute atomic E-state index is 0.177. The van der Waals surface area contributed by atoms with Gasteiger partial charge in [0.15, 0.2) is 0 Å². The van der Waals surface area contributed by atoms with Crippen molar-refractivity contribution in [1.29, 1.82) is 5.26 Å². The van der Waals surface area contributed by atoms with Gasteiger partial charge in [0.25, 0.3) is 0 Å². The number of piperazine rings is 1. The van der Waals surface area contributed by atoms with E-state index in [0.29, 0.717) is 12.1 Å². The zero-order chi connectivity index (χ0) is 20.2. The number of aromatic nitrogens is 1. The number of anilines is 1. The van der Waals surface area contributed by atoms with E-state index in [-0.39, 0.29) is 11.9 Å². The highest BCUT2D eigenvalue weighted by molar-refractivity contribution is 5.78. The van der Waals surface area contributed by atoms with Crippen molar-refractivity contribution in [2.24, 2.45) is 0 Å². The van der Waals surface area contributed by atoms with Crippen molar-refractivity contribution in [1.82, 2.24) is 14.8 Å². The molecule has 29 heavy (non-hydrogen) atoms. The molecule has 2 heterocycles. The molecule has 1 atom stereocenters. The Hall–Kier alpha value is -2.91. The number of nitrogens with zero attached hydrogens (tertiary/aromatic N) is 5. The second-order valence-electron chi connectivity index (χ2n) is 7.86. The molecule has 4 rings (SSSR count). The van der Waals surface area contributed by atoms with Crippen molar-refractivity contribution < 1.29 is 4.79 Å². The molecule has 6 heteroatoms. The van der Waals surface area contributed by atoms with Gasteiger partial charge in [-0.15, -0.1) is 0 Å². The fourth-order valence-corrected chi connectivity index (χ4v) is 4.46. The van der Waals surface area contributed by atoms with E-state index in [9.17, 15) is 10.1 Å². The average molecular weight is 390 g/mol. The summed E-state index contributed by atoms with van der Waals surface area (Å²) in [5, 5.41) is 9.30. The minimum atomic E-state index is 0.177. The van der Waals surface area contributed by atoms with Gasteiger partial charge in [-0.1, -0.05) is 24.3 Å². The molecule has 1 aromatic heterocycles. The fraction of sp³-hybridized carbons (Fsp3) is 0.435. The van der Waals surface area contributed by atoms with Crippen LogP contribution in [0.4, 0.5) is 5.82 Å². The van der Waals surface area contributed by atoms with Gasteiger partial charge in [-0.25, -0.2) is 4.98 Å². The maximum atomic E-state index is 13.0. The van der Waals surface area contributed by atoms with Crippen LogP contribution in [0, 0.1) is 11.3 Å². The van der Waals surface area contributed by atoms with E-state index >= 15 is 0 Å². The van der Waals surface area contributed by atoms with Crippen LogP contribution >= 0.6 is 0 Å². The van der Waals surface area contributed by atoms with Crippen molar-refractivity contribution in [3.05, 3.63) is 59.3 Å². The predicted octanol–water partition coefficient (Wildman–Crippen LogP) is 2.61. The molecule has 1 aliphatic heterocycles. The summed E-state index contributed by atoms with van der Waals surface area (Å²) in [5.74, 6) is 0.924. The zero-order valence-electron chi connectivity index (χ0n) is 16.9. The summed E-state index contributed by atoms with van der Waals surface area (Å²) in [6, 6.07) is 14.5. The Labute approximate surface area is 172 Å². The van der Waals surface area contributed by atoms with Crippen molar-refractivity contribution in [2.45, 2.75) is 25.3 Å². The second-order valence-corrected chi connectivity index (χ2v) is 7.86. The molecule has 0 bridgehead atoms. The topological polar surface area (TPSA) is 63.5 Å². The largest absolute Gasteiger partial charge is 0.353 e. The van der Waals surface area contributed by atoms with Crippen molar-refractivity contribution >= 4 is 11.7 Å². The molecule has 1 saturated heterocycles. The van der Waals surface area contributed by atoms with Crippen LogP contribution in [-0.2, 0) is 11.2 Å². The first-order chi connectivity index (χ1) is 14.2. The number of nitriles is 1. The van der Waals surface area contributed by atoms with Crippen molar-refractivity contribution in [2.75, 3.05) is 44.7 Å². The van der Waals surface area contributed by atoms with Gasteiger partial charge >= 0.3 is 0 Å². The number of fused-ring (bicyclic) bond motifs is 1. The molecule has 2 aromatic rings. The predicted molar refractivity (Wildman–Crippen MR) is 112 cm³/mol. The molecule has 0 saturated carbocycles. The first-order valence-corrected chi connectivity index (χ1v) is 10.3. The van der Waals surface area contributed by atoms with Crippen LogP contribution in [0.1, 0.15) is 35.6 Å². The van der Waals surface area contributed by atoms with E-state index in [0.717, 1.165) is 51.3 Å². The highest BCUT2D eigenvalue weighted by atomic mass is 16.2. The van der Waals surface area contributed by atoms with E-state index in [4.69, 9.17) is 0 Å². The monoisotopic (exact) mass is 389 g/mol. The van der Waals surface area contributed by atoms with Crippen LogP contribution in [-0.4, -0.2) is 60.5 Å². The highest BCUT2D eigenvalue weighted by Crippen LogP contribution is 2.33. The number of pyridine rings is 1. The van der Waals surface area contributed by atoms with Gasteiger partial charge in [-0.05, 0) is 42.5 Å². The Morgan fingerprint density at radius 3 is 2.79 bits per heavy atom. The summed E-state index contributed by atoms with van der Waals surface area (Å²) in [6.45, 7) is 3.57. The number of benzene rings is 1. The van der Waals surface area contributed by atoms with E-state index in [1.54, 1.807) is 18.3 Å².